The Kier molecular flexibility index (Phi) is 4.24. The van der Waals surface area contributed by atoms with Crippen LogP contribution >= 0.6 is 11.6 Å². The topological polar surface area (TPSA) is 55.1 Å². The van der Waals surface area contributed by atoms with Gasteiger partial charge in [-0.2, -0.15) is 4.52 Å². The van der Waals surface area contributed by atoms with Crippen molar-refractivity contribution in [2.45, 2.75) is 19.8 Å². The first-order valence-corrected chi connectivity index (χ1v) is 8.79. The molecule has 0 aliphatic carbocycles. The van der Waals surface area contributed by atoms with E-state index in [2.05, 4.69) is 28.6 Å². The minimum absolute atomic E-state index is 0.695. The lowest BCUT2D eigenvalue weighted by Crippen LogP contribution is -2.06. The van der Waals surface area contributed by atoms with Crippen molar-refractivity contribution in [3.8, 4) is 11.3 Å². The summed E-state index contributed by atoms with van der Waals surface area (Å²) in [4.78, 5) is 4.83. The zero-order chi connectivity index (χ0) is 17.2. The van der Waals surface area contributed by atoms with Gasteiger partial charge >= 0.3 is 0 Å². The van der Waals surface area contributed by atoms with Gasteiger partial charge in [0.15, 0.2) is 5.65 Å². The summed E-state index contributed by atoms with van der Waals surface area (Å²) in [7, 11) is 0. The molecule has 0 aliphatic rings. The van der Waals surface area contributed by atoms with Crippen LogP contribution in [0.25, 0.3) is 27.8 Å². The molecule has 6 heteroatoms. The first-order chi connectivity index (χ1) is 12.3. The fourth-order valence-electron chi connectivity index (χ4n) is 2.88. The number of hydrogen-bond donors (Lipinski definition) is 1. The van der Waals surface area contributed by atoms with E-state index >= 15 is 0 Å². The third kappa shape index (κ3) is 2.91. The van der Waals surface area contributed by atoms with Gasteiger partial charge in [0.2, 0.25) is 0 Å². The molecule has 126 valence electrons. The Labute approximate surface area is 150 Å². The molecule has 0 fully saturated rings. The van der Waals surface area contributed by atoms with Gasteiger partial charge in [0, 0.05) is 22.5 Å². The monoisotopic (exact) mass is 351 g/mol. The number of nitrogens with zero attached hydrogens (tertiary/aromatic N) is 4. The van der Waals surface area contributed by atoms with E-state index in [1.54, 1.807) is 4.52 Å². The minimum Gasteiger partial charge on any atom is -0.369 e. The summed E-state index contributed by atoms with van der Waals surface area (Å²) in [5.41, 5.74) is 3.42. The maximum Gasteiger partial charge on any atom is 0.186 e. The van der Waals surface area contributed by atoms with Crippen molar-refractivity contribution < 1.29 is 0 Å². The van der Waals surface area contributed by atoms with Crippen LogP contribution in [-0.2, 0) is 0 Å². The molecule has 0 saturated heterocycles. The molecule has 0 bridgehead atoms. The van der Waals surface area contributed by atoms with E-state index in [9.17, 15) is 0 Å². The zero-order valence-corrected chi connectivity index (χ0v) is 14.7. The van der Waals surface area contributed by atoms with Gasteiger partial charge < -0.3 is 5.32 Å². The molecule has 0 aliphatic heterocycles. The lowest BCUT2D eigenvalue weighted by molar-refractivity contribution is 0.830. The molecule has 2 aromatic heterocycles. The van der Waals surface area contributed by atoms with Gasteiger partial charge in [-0.25, -0.2) is 4.98 Å². The number of hydrogen-bond acceptors (Lipinski definition) is 4. The number of rotatable bonds is 5. The predicted molar refractivity (Wildman–Crippen MR) is 102 cm³/mol. The third-order valence-corrected chi connectivity index (χ3v) is 4.44. The second-order valence-corrected chi connectivity index (χ2v) is 6.37. The Hall–Kier alpha value is -2.66. The van der Waals surface area contributed by atoms with Crippen molar-refractivity contribution >= 4 is 34.0 Å². The van der Waals surface area contributed by atoms with E-state index in [1.165, 1.54) is 0 Å². The number of benzene rings is 2. The normalized spacial score (nSPS) is 11.3. The van der Waals surface area contributed by atoms with Gasteiger partial charge in [0.1, 0.15) is 11.5 Å². The van der Waals surface area contributed by atoms with Crippen molar-refractivity contribution in [2.24, 2.45) is 0 Å². The van der Waals surface area contributed by atoms with Crippen LogP contribution in [0, 0.1) is 0 Å². The van der Waals surface area contributed by atoms with Gasteiger partial charge in [-0.1, -0.05) is 54.4 Å². The smallest absolute Gasteiger partial charge is 0.186 e. The fourth-order valence-corrected chi connectivity index (χ4v) is 3.00. The second-order valence-electron chi connectivity index (χ2n) is 5.94. The maximum absolute atomic E-state index is 6.00. The number of nitrogens with one attached hydrogen (secondary N) is 1. The number of unbranched alkanes of at least 4 members (excludes halogenated alkanes) is 1. The number of fused-ring (bicyclic) bond motifs is 3. The highest BCUT2D eigenvalue weighted by Crippen LogP contribution is 2.28. The van der Waals surface area contributed by atoms with Gasteiger partial charge in [0.05, 0.1) is 5.52 Å². The van der Waals surface area contributed by atoms with E-state index in [0.29, 0.717) is 5.02 Å². The van der Waals surface area contributed by atoms with Crippen LogP contribution in [0.15, 0.2) is 48.5 Å². The standard InChI is InChI=1S/C19H18ClN5/c1-2-3-12-21-18-15-6-4-5-7-16(15)25-19(22-18)17(23-24-25)13-8-10-14(20)11-9-13/h4-11H,2-3,12H2,1H3,(H,21,22). The third-order valence-electron chi connectivity index (χ3n) is 4.19. The van der Waals surface area contributed by atoms with Crippen LogP contribution in [0.1, 0.15) is 19.8 Å². The highest BCUT2D eigenvalue weighted by molar-refractivity contribution is 6.30. The molecular weight excluding hydrogens is 334 g/mol. The molecule has 4 aromatic rings. The highest BCUT2D eigenvalue weighted by atomic mass is 35.5. The number of anilines is 1. The molecule has 1 N–H and O–H groups in total. The lowest BCUT2D eigenvalue weighted by Gasteiger charge is -2.10. The molecule has 4 rings (SSSR count). The summed E-state index contributed by atoms with van der Waals surface area (Å²) in [6, 6.07) is 15.7. The summed E-state index contributed by atoms with van der Waals surface area (Å²) in [6.45, 7) is 3.07. The maximum atomic E-state index is 6.00. The Morgan fingerprint density at radius 1 is 1.08 bits per heavy atom. The molecule has 0 unspecified atom stereocenters. The van der Waals surface area contributed by atoms with Gasteiger partial charge in [-0.05, 0) is 30.7 Å². The summed E-state index contributed by atoms with van der Waals surface area (Å²) in [5, 5.41) is 13.9. The largest absolute Gasteiger partial charge is 0.369 e. The molecule has 0 amide bonds. The van der Waals surface area contributed by atoms with E-state index < -0.39 is 0 Å². The first kappa shape index (κ1) is 15.8. The van der Waals surface area contributed by atoms with Crippen LogP contribution in [0.3, 0.4) is 0 Å². The van der Waals surface area contributed by atoms with E-state index in [1.807, 2.05) is 42.5 Å². The van der Waals surface area contributed by atoms with Crippen LogP contribution in [-0.4, -0.2) is 26.4 Å². The SMILES string of the molecule is CCCCNc1nc2c(-c3ccc(Cl)cc3)nnn2c2ccccc12. The molecule has 0 saturated carbocycles. The first-order valence-electron chi connectivity index (χ1n) is 8.42. The van der Waals surface area contributed by atoms with Gasteiger partial charge in [-0.15, -0.1) is 5.10 Å². The minimum atomic E-state index is 0.695. The number of halogens is 1. The van der Waals surface area contributed by atoms with Gasteiger partial charge in [-0.3, -0.25) is 0 Å². The highest BCUT2D eigenvalue weighted by Gasteiger charge is 2.15. The van der Waals surface area contributed by atoms with Crippen molar-refractivity contribution in [2.75, 3.05) is 11.9 Å². The Morgan fingerprint density at radius 3 is 2.68 bits per heavy atom. The van der Waals surface area contributed by atoms with Gasteiger partial charge in [0.25, 0.3) is 0 Å². The molecule has 25 heavy (non-hydrogen) atoms. The predicted octanol–water partition coefficient (Wildman–Crippen LogP) is 4.81. The quantitative estimate of drug-likeness (QED) is 0.524. The van der Waals surface area contributed by atoms with Crippen molar-refractivity contribution in [1.29, 1.82) is 0 Å². The number of para-hydroxylation sites is 1. The fraction of sp³-hybridized carbons (Fsp3) is 0.211. The van der Waals surface area contributed by atoms with Crippen molar-refractivity contribution in [1.82, 2.24) is 19.8 Å². The summed E-state index contributed by atoms with van der Waals surface area (Å²) >= 11 is 6.00. The lowest BCUT2D eigenvalue weighted by atomic mass is 10.1. The zero-order valence-electron chi connectivity index (χ0n) is 13.9. The molecular formula is C19H18ClN5. The van der Waals surface area contributed by atoms with Crippen molar-refractivity contribution in [3.05, 3.63) is 53.6 Å². The average Bonchev–Trinajstić information content (AvgIpc) is 3.07. The molecule has 0 spiro atoms. The van der Waals surface area contributed by atoms with Crippen LogP contribution in [0.2, 0.25) is 5.02 Å². The average molecular weight is 352 g/mol. The summed E-state index contributed by atoms with van der Waals surface area (Å²) in [6.07, 6.45) is 2.24. The molecule has 5 nitrogen and oxygen atoms in total. The summed E-state index contributed by atoms with van der Waals surface area (Å²) in [5.74, 6) is 0.870. The van der Waals surface area contributed by atoms with Crippen LogP contribution in [0.4, 0.5) is 5.82 Å². The molecule has 2 aromatic carbocycles. The molecule has 0 atom stereocenters. The van der Waals surface area contributed by atoms with E-state index in [-0.39, 0.29) is 0 Å². The Morgan fingerprint density at radius 2 is 1.88 bits per heavy atom. The Bertz CT molecular complexity index is 1020. The summed E-state index contributed by atoms with van der Waals surface area (Å²) < 4.78 is 1.80. The van der Waals surface area contributed by atoms with E-state index in [0.717, 1.165) is 53.0 Å². The Balaban J connectivity index is 1.91. The molecule has 0 radical (unpaired) electrons. The molecule has 2 heterocycles. The van der Waals surface area contributed by atoms with Crippen LogP contribution in [0.5, 0.6) is 0 Å². The van der Waals surface area contributed by atoms with Crippen LogP contribution < -0.4 is 5.32 Å². The number of aromatic nitrogens is 4. The van der Waals surface area contributed by atoms with E-state index in [4.69, 9.17) is 16.6 Å². The second kappa shape index (κ2) is 6.69. The van der Waals surface area contributed by atoms with Crippen molar-refractivity contribution in [3.63, 3.8) is 0 Å².